The van der Waals surface area contributed by atoms with Crippen molar-refractivity contribution >= 4 is 0 Å². The molecule has 0 spiro atoms. The molecule has 1 atom stereocenters. The summed E-state index contributed by atoms with van der Waals surface area (Å²) in [4.78, 5) is 0. The number of nitrogens with one attached hydrogen (secondary N) is 1. The molecule has 0 aliphatic rings. The van der Waals surface area contributed by atoms with E-state index in [0.717, 1.165) is 12.5 Å². The quantitative estimate of drug-likeness (QED) is 0.797. The van der Waals surface area contributed by atoms with Gasteiger partial charge >= 0.3 is 0 Å². The lowest BCUT2D eigenvalue weighted by Crippen LogP contribution is -2.32. The summed E-state index contributed by atoms with van der Waals surface area (Å²) >= 11 is 0. The van der Waals surface area contributed by atoms with Crippen molar-refractivity contribution in [2.45, 2.75) is 54.0 Å². The Morgan fingerprint density at radius 2 is 1.50 bits per heavy atom. The predicted molar refractivity (Wildman–Crippen MR) is 81.1 cm³/mol. The Kier molecular flexibility index (Phi) is 5.87. The van der Waals surface area contributed by atoms with Crippen LogP contribution in [0.15, 0.2) is 18.2 Å². The van der Waals surface area contributed by atoms with Crippen LogP contribution in [0.25, 0.3) is 0 Å². The molecule has 1 heteroatoms. The van der Waals surface area contributed by atoms with E-state index in [1.54, 1.807) is 0 Å². The number of benzene rings is 1. The summed E-state index contributed by atoms with van der Waals surface area (Å²) in [6, 6.07) is 7.49. The van der Waals surface area contributed by atoms with Crippen LogP contribution in [0.1, 0.15) is 44.4 Å². The van der Waals surface area contributed by atoms with Crippen LogP contribution in [0.3, 0.4) is 0 Å². The molecule has 1 N–H and O–H groups in total. The summed E-state index contributed by atoms with van der Waals surface area (Å²) < 4.78 is 0. The highest BCUT2D eigenvalue weighted by Crippen LogP contribution is 2.19. The first-order valence-electron chi connectivity index (χ1n) is 7.19. The van der Waals surface area contributed by atoms with Crippen molar-refractivity contribution in [2.24, 2.45) is 11.8 Å². The normalized spacial score (nSPS) is 13.3. The van der Waals surface area contributed by atoms with Gasteiger partial charge in [0.2, 0.25) is 0 Å². The fourth-order valence-electron chi connectivity index (χ4n) is 2.42. The van der Waals surface area contributed by atoms with E-state index in [4.69, 9.17) is 0 Å². The van der Waals surface area contributed by atoms with Gasteiger partial charge in [-0.2, -0.15) is 0 Å². The smallest absolute Gasteiger partial charge is 0.00104 e. The number of hydrogen-bond donors (Lipinski definition) is 1. The Labute approximate surface area is 113 Å². The highest BCUT2D eigenvalue weighted by atomic mass is 14.9. The molecule has 18 heavy (non-hydrogen) atoms. The van der Waals surface area contributed by atoms with Crippen molar-refractivity contribution in [3.63, 3.8) is 0 Å². The fourth-order valence-corrected chi connectivity index (χ4v) is 2.42. The van der Waals surface area contributed by atoms with Crippen molar-refractivity contribution in [2.75, 3.05) is 6.54 Å². The average molecular weight is 247 g/mol. The van der Waals surface area contributed by atoms with Gasteiger partial charge in [0.1, 0.15) is 0 Å². The van der Waals surface area contributed by atoms with E-state index in [1.807, 2.05) is 0 Å². The van der Waals surface area contributed by atoms with Crippen molar-refractivity contribution in [3.05, 3.63) is 34.9 Å². The topological polar surface area (TPSA) is 12.0 Å². The summed E-state index contributed by atoms with van der Waals surface area (Å²) in [5.41, 5.74) is 4.24. The minimum atomic E-state index is 0.575. The van der Waals surface area contributed by atoms with Gasteiger partial charge in [-0.3, -0.25) is 0 Å². The Hall–Kier alpha value is -0.820. The van der Waals surface area contributed by atoms with E-state index >= 15 is 0 Å². The summed E-state index contributed by atoms with van der Waals surface area (Å²) in [6.45, 7) is 14.6. The van der Waals surface area contributed by atoms with Gasteiger partial charge in [-0.05, 0) is 44.2 Å². The molecular weight excluding hydrogens is 218 g/mol. The minimum absolute atomic E-state index is 0.575. The van der Waals surface area contributed by atoms with Gasteiger partial charge < -0.3 is 5.32 Å². The molecular formula is C17H29N. The van der Waals surface area contributed by atoms with Crippen molar-refractivity contribution in [1.82, 2.24) is 5.32 Å². The summed E-state index contributed by atoms with van der Waals surface area (Å²) in [6.07, 6.45) is 1.18. The van der Waals surface area contributed by atoms with Gasteiger partial charge in [0.25, 0.3) is 0 Å². The monoisotopic (exact) mass is 247 g/mol. The van der Waals surface area contributed by atoms with Gasteiger partial charge in [-0.25, -0.2) is 0 Å². The molecule has 0 fully saturated rings. The first kappa shape index (κ1) is 15.2. The zero-order valence-corrected chi connectivity index (χ0v) is 12.9. The molecule has 0 aliphatic heterocycles. The molecule has 0 saturated heterocycles. The van der Waals surface area contributed by atoms with Crippen LogP contribution in [0.5, 0.6) is 0 Å². The standard InChI is InChI=1S/C17H29N/c1-12(2)17(11-18-13(3)4)10-16-8-14(5)7-15(6)9-16/h7-9,12-13,17-18H,10-11H2,1-6H3. The molecule has 0 aromatic heterocycles. The zero-order valence-electron chi connectivity index (χ0n) is 12.9. The van der Waals surface area contributed by atoms with E-state index in [9.17, 15) is 0 Å². The largest absolute Gasteiger partial charge is 0.314 e. The van der Waals surface area contributed by atoms with Crippen LogP contribution >= 0.6 is 0 Å². The van der Waals surface area contributed by atoms with Crippen molar-refractivity contribution < 1.29 is 0 Å². The molecule has 1 aromatic carbocycles. The van der Waals surface area contributed by atoms with Crippen LogP contribution in [-0.4, -0.2) is 12.6 Å². The average Bonchev–Trinajstić information content (AvgIpc) is 2.22. The number of rotatable bonds is 6. The van der Waals surface area contributed by atoms with Crippen LogP contribution in [-0.2, 0) is 6.42 Å². The van der Waals surface area contributed by atoms with E-state index in [-0.39, 0.29) is 0 Å². The molecule has 0 radical (unpaired) electrons. The second-order valence-corrected chi connectivity index (χ2v) is 6.27. The van der Waals surface area contributed by atoms with Gasteiger partial charge in [0, 0.05) is 6.04 Å². The van der Waals surface area contributed by atoms with Gasteiger partial charge in [-0.1, -0.05) is 57.0 Å². The lowest BCUT2D eigenvalue weighted by Gasteiger charge is -2.23. The lowest BCUT2D eigenvalue weighted by molar-refractivity contribution is 0.349. The lowest BCUT2D eigenvalue weighted by atomic mass is 9.88. The third kappa shape index (κ3) is 5.22. The van der Waals surface area contributed by atoms with E-state index < -0.39 is 0 Å². The predicted octanol–water partition coefficient (Wildman–Crippen LogP) is 4.12. The summed E-state index contributed by atoms with van der Waals surface area (Å²) in [5, 5.41) is 3.58. The van der Waals surface area contributed by atoms with Gasteiger partial charge in [-0.15, -0.1) is 0 Å². The van der Waals surface area contributed by atoms with E-state index in [1.165, 1.54) is 23.1 Å². The van der Waals surface area contributed by atoms with E-state index in [0.29, 0.717) is 12.0 Å². The van der Waals surface area contributed by atoms with Crippen molar-refractivity contribution in [3.8, 4) is 0 Å². The molecule has 0 aliphatic carbocycles. The number of aryl methyl sites for hydroxylation is 2. The molecule has 0 heterocycles. The van der Waals surface area contributed by atoms with Crippen molar-refractivity contribution in [1.29, 1.82) is 0 Å². The second kappa shape index (κ2) is 6.94. The summed E-state index contributed by atoms with van der Waals surface area (Å²) in [7, 11) is 0. The Morgan fingerprint density at radius 3 is 1.94 bits per heavy atom. The van der Waals surface area contributed by atoms with Gasteiger partial charge in [0.15, 0.2) is 0 Å². The molecule has 1 unspecified atom stereocenters. The molecule has 0 saturated carbocycles. The SMILES string of the molecule is Cc1cc(C)cc(CC(CNC(C)C)C(C)C)c1. The molecule has 1 aromatic rings. The highest BCUT2D eigenvalue weighted by Gasteiger charge is 2.14. The van der Waals surface area contributed by atoms with Crippen LogP contribution in [0.2, 0.25) is 0 Å². The Balaban J connectivity index is 2.70. The third-order valence-corrected chi connectivity index (χ3v) is 3.51. The molecule has 0 bridgehead atoms. The molecule has 0 amide bonds. The Morgan fingerprint density at radius 1 is 0.944 bits per heavy atom. The third-order valence-electron chi connectivity index (χ3n) is 3.51. The molecule has 1 nitrogen and oxygen atoms in total. The van der Waals surface area contributed by atoms with Crippen LogP contribution < -0.4 is 5.32 Å². The minimum Gasteiger partial charge on any atom is -0.314 e. The Bertz CT molecular complexity index is 346. The molecule has 102 valence electrons. The van der Waals surface area contributed by atoms with Crippen LogP contribution in [0.4, 0.5) is 0 Å². The highest BCUT2D eigenvalue weighted by molar-refractivity contribution is 5.28. The maximum absolute atomic E-state index is 3.58. The molecule has 1 rings (SSSR count). The second-order valence-electron chi connectivity index (χ2n) is 6.27. The number of hydrogen-bond acceptors (Lipinski definition) is 1. The maximum atomic E-state index is 3.58. The maximum Gasteiger partial charge on any atom is 0.00104 e. The fraction of sp³-hybridized carbons (Fsp3) is 0.647. The summed E-state index contributed by atoms with van der Waals surface area (Å²) in [5.74, 6) is 1.44. The first-order chi connectivity index (χ1) is 8.38. The van der Waals surface area contributed by atoms with Crippen LogP contribution in [0, 0.1) is 25.7 Å². The zero-order chi connectivity index (χ0) is 13.7. The van der Waals surface area contributed by atoms with Gasteiger partial charge in [0.05, 0.1) is 0 Å². The first-order valence-corrected chi connectivity index (χ1v) is 7.19. The van der Waals surface area contributed by atoms with E-state index in [2.05, 4.69) is 65.1 Å².